The first-order valence-corrected chi connectivity index (χ1v) is 11.8. The molecule has 0 aliphatic rings. The number of carbonyl (C=O) groups is 2. The van der Waals surface area contributed by atoms with E-state index in [1.165, 1.54) is 12.4 Å². The van der Waals surface area contributed by atoms with Gasteiger partial charge in [-0.15, -0.1) is 0 Å². The van der Waals surface area contributed by atoms with E-state index < -0.39 is 16.5 Å². The molecule has 4 aromatic rings. The summed E-state index contributed by atoms with van der Waals surface area (Å²) in [7, 11) is -1.79. The van der Waals surface area contributed by atoms with Crippen LogP contribution >= 0.6 is 0 Å². The molecular formula is C28H20N3O3S-. The first kappa shape index (κ1) is 23.6. The van der Waals surface area contributed by atoms with Crippen molar-refractivity contribution in [2.24, 2.45) is 4.36 Å². The highest BCUT2D eigenvalue weighted by Gasteiger charge is 2.08. The predicted molar refractivity (Wildman–Crippen MR) is 135 cm³/mol. The van der Waals surface area contributed by atoms with Crippen LogP contribution in [0.4, 0.5) is 5.69 Å². The molecule has 0 spiro atoms. The van der Waals surface area contributed by atoms with Gasteiger partial charge in [0.2, 0.25) is 0 Å². The topological polar surface area (TPSA) is 88.5 Å². The second-order valence-corrected chi connectivity index (χ2v) is 8.67. The quantitative estimate of drug-likeness (QED) is 0.315. The summed E-state index contributed by atoms with van der Waals surface area (Å²) in [6.07, 6.45) is 2.90. The van der Waals surface area contributed by atoms with Crippen LogP contribution in [0, 0.1) is 18.8 Å². The minimum absolute atomic E-state index is 0.173. The van der Waals surface area contributed by atoms with Gasteiger partial charge < -0.3 is 13.9 Å². The number of amides is 2. The van der Waals surface area contributed by atoms with E-state index in [0.29, 0.717) is 21.7 Å². The zero-order valence-corrected chi connectivity index (χ0v) is 19.6. The lowest BCUT2D eigenvalue weighted by Crippen LogP contribution is -2.13. The van der Waals surface area contributed by atoms with E-state index in [2.05, 4.69) is 26.5 Å². The fourth-order valence-corrected chi connectivity index (χ4v) is 3.90. The summed E-state index contributed by atoms with van der Waals surface area (Å²) in [5.41, 5.74) is 3.64. The zero-order chi connectivity index (χ0) is 24.6. The van der Waals surface area contributed by atoms with Crippen LogP contribution in [0.25, 0.3) is 0 Å². The molecule has 1 aromatic heterocycles. The van der Waals surface area contributed by atoms with Crippen LogP contribution in [-0.4, -0.2) is 16.8 Å². The van der Waals surface area contributed by atoms with Gasteiger partial charge in [0.1, 0.15) is 0 Å². The van der Waals surface area contributed by atoms with Crippen molar-refractivity contribution in [3.63, 3.8) is 0 Å². The van der Waals surface area contributed by atoms with Crippen LogP contribution < -0.4 is 5.32 Å². The average Bonchev–Trinajstić information content (AvgIpc) is 2.89. The van der Waals surface area contributed by atoms with Crippen molar-refractivity contribution in [3.8, 4) is 11.8 Å². The third-order valence-electron chi connectivity index (χ3n) is 4.98. The van der Waals surface area contributed by atoms with Gasteiger partial charge in [0, 0.05) is 34.8 Å². The summed E-state index contributed by atoms with van der Waals surface area (Å²) >= 11 is 0. The number of nitrogens with one attached hydrogen (secondary N) is 1. The highest BCUT2D eigenvalue weighted by atomic mass is 32.2. The molecule has 7 heteroatoms. The smallest absolute Gasteiger partial charge is 0.255 e. The molecule has 0 bridgehead atoms. The molecule has 35 heavy (non-hydrogen) atoms. The molecule has 0 saturated heterocycles. The van der Waals surface area contributed by atoms with Gasteiger partial charge in [0.15, 0.2) is 0 Å². The zero-order valence-electron chi connectivity index (χ0n) is 18.8. The number of nitrogens with zero attached hydrogens (tertiary/aromatic N) is 2. The normalized spacial score (nSPS) is 11.2. The molecule has 1 N–H and O–H groups in total. The molecule has 0 fully saturated rings. The number of pyridine rings is 1. The van der Waals surface area contributed by atoms with Crippen LogP contribution in [0.2, 0.25) is 0 Å². The fraction of sp³-hybridized carbons (Fsp3) is 0.0357. The molecule has 0 aliphatic heterocycles. The van der Waals surface area contributed by atoms with E-state index in [9.17, 15) is 13.8 Å². The second kappa shape index (κ2) is 11.1. The molecule has 2 amide bonds. The Balaban J connectivity index is 1.45. The maximum Gasteiger partial charge on any atom is 0.255 e. The lowest BCUT2D eigenvalue weighted by atomic mass is 10.1. The predicted octanol–water partition coefficient (Wildman–Crippen LogP) is 5.39. The Morgan fingerprint density at radius 2 is 1.54 bits per heavy atom. The molecule has 3 aromatic carbocycles. The molecule has 0 radical (unpaired) electrons. The summed E-state index contributed by atoms with van der Waals surface area (Å²) < 4.78 is 16.0. The Morgan fingerprint density at radius 1 is 0.857 bits per heavy atom. The van der Waals surface area contributed by atoms with Crippen molar-refractivity contribution < 1.29 is 13.8 Å². The second-order valence-electron chi connectivity index (χ2n) is 7.52. The van der Waals surface area contributed by atoms with Crippen molar-refractivity contribution in [2.45, 2.75) is 11.8 Å². The van der Waals surface area contributed by atoms with E-state index in [1.807, 2.05) is 25.1 Å². The maximum absolute atomic E-state index is 12.5. The van der Waals surface area contributed by atoms with Crippen LogP contribution in [0.3, 0.4) is 0 Å². The maximum atomic E-state index is 12.5. The van der Waals surface area contributed by atoms with E-state index in [0.717, 1.165) is 11.1 Å². The molecule has 172 valence electrons. The number of anilines is 1. The number of aryl methyl sites for hydroxylation is 1. The van der Waals surface area contributed by atoms with E-state index >= 15 is 0 Å². The number of benzene rings is 3. The van der Waals surface area contributed by atoms with Crippen LogP contribution in [-0.2, 0) is 14.8 Å². The fourth-order valence-electron chi connectivity index (χ4n) is 3.15. The van der Waals surface area contributed by atoms with Gasteiger partial charge >= 0.3 is 0 Å². The van der Waals surface area contributed by atoms with Gasteiger partial charge in [-0.25, -0.2) is 0 Å². The van der Waals surface area contributed by atoms with Crippen molar-refractivity contribution >= 4 is 28.1 Å². The van der Waals surface area contributed by atoms with Crippen molar-refractivity contribution in [1.82, 2.24) is 4.98 Å². The standard InChI is InChI=1S/C28H20N3O3S/c1-20-7-5-6-10-26(20)28(33)30-24-15-13-21(14-16-24)11-12-22-17-23(19-29-18-22)27(32)31-35(34)25-8-3-2-4-9-25/h2-10,13-19H,1H3,(H,30,33)/q-1. The lowest BCUT2D eigenvalue weighted by molar-refractivity contribution is 0.100. The van der Waals surface area contributed by atoms with Crippen molar-refractivity contribution in [1.29, 1.82) is 0 Å². The highest BCUT2D eigenvalue weighted by molar-refractivity contribution is 7.75. The number of rotatable bonds is 4. The summed E-state index contributed by atoms with van der Waals surface area (Å²) in [6, 6.07) is 24.6. The number of hydrogen-bond donors (Lipinski definition) is 1. The molecule has 1 heterocycles. The SMILES string of the molecule is Cc1ccccc1C(=O)Nc1ccc(C#Cc2cncc(C(=O)N=[S-](=O)c3ccccc3)c2)cc1. The Hall–Kier alpha value is -4.54. The molecule has 0 unspecified atom stereocenters. The van der Waals surface area contributed by atoms with E-state index in [4.69, 9.17) is 0 Å². The van der Waals surface area contributed by atoms with E-state index in [-0.39, 0.29) is 11.5 Å². The summed E-state index contributed by atoms with van der Waals surface area (Å²) in [6.45, 7) is 1.89. The summed E-state index contributed by atoms with van der Waals surface area (Å²) in [5, 5.41) is 2.88. The molecule has 6 nitrogen and oxygen atoms in total. The van der Waals surface area contributed by atoms with Gasteiger partial charge in [0.05, 0.1) is 5.56 Å². The summed E-state index contributed by atoms with van der Waals surface area (Å²) in [4.78, 5) is 29.4. The van der Waals surface area contributed by atoms with Crippen molar-refractivity contribution in [2.75, 3.05) is 5.32 Å². The molecular weight excluding hydrogens is 458 g/mol. The first-order valence-electron chi connectivity index (χ1n) is 10.7. The van der Waals surface area contributed by atoms with Gasteiger partial charge in [-0.05, 0) is 48.9 Å². The first-order chi connectivity index (χ1) is 17.0. The third-order valence-corrected chi connectivity index (χ3v) is 5.99. The highest BCUT2D eigenvalue weighted by Crippen LogP contribution is 2.14. The molecule has 0 saturated carbocycles. The third kappa shape index (κ3) is 6.28. The number of carbonyl (C=O) groups excluding carboxylic acids is 2. The van der Waals surface area contributed by atoms with Crippen molar-refractivity contribution in [3.05, 3.63) is 125 Å². The number of aromatic nitrogens is 1. The Morgan fingerprint density at radius 3 is 2.29 bits per heavy atom. The monoisotopic (exact) mass is 478 g/mol. The Bertz CT molecular complexity index is 1530. The average molecular weight is 479 g/mol. The van der Waals surface area contributed by atoms with Gasteiger partial charge in [-0.3, -0.25) is 14.6 Å². The largest absolute Gasteiger partial charge is 0.440 e. The van der Waals surface area contributed by atoms with Crippen LogP contribution in [0.5, 0.6) is 0 Å². The minimum Gasteiger partial charge on any atom is -0.440 e. The Kier molecular flexibility index (Phi) is 7.46. The van der Waals surface area contributed by atoms with Crippen LogP contribution in [0.1, 0.15) is 37.4 Å². The lowest BCUT2D eigenvalue weighted by Gasteiger charge is -2.07. The minimum atomic E-state index is -1.79. The van der Waals surface area contributed by atoms with Crippen LogP contribution in [0.15, 0.2) is 107 Å². The van der Waals surface area contributed by atoms with Gasteiger partial charge in [-0.2, -0.15) is 10.6 Å². The van der Waals surface area contributed by atoms with E-state index in [1.54, 1.807) is 66.7 Å². The van der Waals surface area contributed by atoms with Gasteiger partial charge in [-0.1, -0.05) is 65.3 Å². The summed E-state index contributed by atoms with van der Waals surface area (Å²) in [5.74, 6) is 5.17. The molecule has 0 atom stereocenters. The molecule has 0 aliphatic carbocycles. The Labute approximate surface area is 205 Å². The molecule has 4 rings (SSSR count). The van der Waals surface area contributed by atoms with Gasteiger partial charge in [0.25, 0.3) is 11.8 Å². The number of hydrogen-bond acceptors (Lipinski definition) is 5.